The Morgan fingerprint density at radius 3 is 2.33 bits per heavy atom. The molecule has 150 valence electrons. The third-order valence-corrected chi connectivity index (χ3v) is 6.18. The highest BCUT2D eigenvalue weighted by Gasteiger charge is 2.19. The van der Waals surface area contributed by atoms with Gasteiger partial charge in [0.05, 0.1) is 5.69 Å². The van der Waals surface area contributed by atoms with E-state index in [4.69, 9.17) is 15.8 Å². The van der Waals surface area contributed by atoms with Crippen molar-refractivity contribution in [2.45, 2.75) is 11.8 Å². The van der Waals surface area contributed by atoms with Crippen molar-refractivity contribution in [2.75, 3.05) is 0 Å². The fraction of sp³-hybridized carbons (Fsp3) is 0.0417. The first-order valence-electron chi connectivity index (χ1n) is 9.25. The normalized spacial score (nSPS) is 11.8. The molecule has 0 aliphatic heterocycles. The molecule has 0 aliphatic carbocycles. The zero-order valence-electron chi connectivity index (χ0n) is 16.1. The van der Waals surface area contributed by atoms with Crippen molar-refractivity contribution >= 4 is 44.4 Å². The van der Waals surface area contributed by atoms with E-state index >= 15 is 0 Å². The molecule has 0 spiro atoms. The second-order valence-corrected chi connectivity index (χ2v) is 8.72. The molecule has 4 aromatic carbocycles. The maximum Gasteiger partial charge on any atom is 0.339 e. The first-order valence-corrected chi connectivity index (χ1v) is 11.0. The number of hydrogen-bond acceptors (Lipinski definition) is 4. The van der Waals surface area contributed by atoms with Gasteiger partial charge in [0.2, 0.25) is 0 Å². The predicted octanol–water partition coefficient (Wildman–Crippen LogP) is 6.32. The van der Waals surface area contributed by atoms with Gasteiger partial charge in [0.1, 0.15) is 4.90 Å². The molecule has 0 N–H and O–H groups in total. The Kier molecular flexibility index (Phi) is 5.57. The molecule has 4 nitrogen and oxygen atoms in total. The van der Waals surface area contributed by atoms with Crippen LogP contribution in [0.1, 0.15) is 11.1 Å². The first-order chi connectivity index (χ1) is 14.4. The number of para-hydroxylation sites is 1. The van der Waals surface area contributed by atoms with E-state index in [9.17, 15) is 8.42 Å². The average molecular weight is 436 g/mol. The molecule has 30 heavy (non-hydrogen) atoms. The number of aryl methyl sites for hydroxylation is 1. The van der Waals surface area contributed by atoms with Crippen LogP contribution in [0.15, 0.2) is 94.8 Å². The predicted molar refractivity (Wildman–Crippen MR) is 122 cm³/mol. The summed E-state index contributed by atoms with van der Waals surface area (Å²) >= 11 is 5.87. The maximum atomic E-state index is 12.8. The van der Waals surface area contributed by atoms with E-state index in [0.717, 1.165) is 22.0 Å². The molecule has 4 rings (SSSR count). The van der Waals surface area contributed by atoms with Crippen molar-refractivity contribution in [3.05, 3.63) is 101 Å². The van der Waals surface area contributed by atoms with Crippen LogP contribution in [-0.2, 0) is 10.1 Å². The van der Waals surface area contributed by atoms with Crippen LogP contribution in [0.4, 0.5) is 5.69 Å². The molecule has 0 aliphatic rings. The fourth-order valence-corrected chi connectivity index (χ4v) is 4.16. The lowest BCUT2D eigenvalue weighted by Gasteiger charge is -2.12. The summed E-state index contributed by atoms with van der Waals surface area (Å²) in [6.45, 7) is 1.97. The summed E-state index contributed by atoms with van der Waals surface area (Å²) in [5, 5.41) is 2.25. The fourth-order valence-electron chi connectivity index (χ4n) is 3.09. The van der Waals surface area contributed by atoms with Crippen LogP contribution in [0.5, 0.6) is 5.75 Å². The second kappa shape index (κ2) is 8.30. The van der Waals surface area contributed by atoms with Gasteiger partial charge in [0.15, 0.2) is 5.75 Å². The van der Waals surface area contributed by atoms with Gasteiger partial charge in [-0.3, -0.25) is 4.99 Å². The molecule has 0 atom stereocenters. The van der Waals surface area contributed by atoms with E-state index in [1.165, 1.54) is 24.3 Å². The quantitative estimate of drug-likeness (QED) is 0.272. The largest absolute Gasteiger partial charge is 0.378 e. The molecule has 0 radical (unpaired) electrons. The van der Waals surface area contributed by atoms with Gasteiger partial charge in [0.25, 0.3) is 0 Å². The van der Waals surface area contributed by atoms with Crippen LogP contribution >= 0.6 is 11.6 Å². The summed E-state index contributed by atoms with van der Waals surface area (Å²) in [6.07, 6.45) is 1.65. The van der Waals surface area contributed by atoms with E-state index in [-0.39, 0.29) is 10.6 Å². The Balaban J connectivity index is 1.81. The smallest absolute Gasteiger partial charge is 0.339 e. The van der Waals surface area contributed by atoms with E-state index in [0.29, 0.717) is 10.6 Å². The zero-order valence-corrected chi connectivity index (χ0v) is 17.7. The number of hydrogen-bond donors (Lipinski definition) is 0. The molecule has 6 heteroatoms. The van der Waals surface area contributed by atoms with Crippen LogP contribution in [0, 0.1) is 6.92 Å². The summed E-state index contributed by atoms with van der Waals surface area (Å²) in [7, 11) is -4.03. The lowest BCUT2D eigenvalue weighted by Crippen LogP contribution is -2.11. The summed E-state index contributed by atoms with van der Waals surface area (Å²) in [6, 6.07) is 24.7. The molecule has 0 saturated carbocycles. The maximum absolute atomic E-state index is 12.8. The van der Waals surface area contributed by atoms with Crippen molar-refractivity contribution in [3.8, 4) is 5.75 Å². The summed E-state index contributed by atoms with van der Waals surface area (Å²) in [5.74, 6) is 0.209. The molecular formula is C24H18ClNO3S. The molecule has 0 saturated heterocycles. The van der Waals surface area contributed by atoms with Gasteiger partial charge in [-0.15, -0.1) is 0 Å². The molecule has 4 aromatic rings. The molecule has 0 unspecified atom stereocenters. The molecule has 0 aromatic heterocycles. The summed E-state index contributed by atoms with van der Waals surface area (Å²) in [4.78, 5) is 4.61. The zero-order chi connectivity index (χ0) is 21.1. The van der Waals surface area contributed by atoms with Crippen molar-refractivity contribution in [3.63, 3.8) is 0 Å². The highest BCUT2D eigenvalue weighted by molar-refractivity contribution is 7.87. The van der Waals surface area contributed by atoms with Crippen LogP contribution in [-0.4, -0.2) is 14.6 Å². The van der Waals surface area contributed by atoms with E-state index in [2.05, 4.69) is 4.99 Å². The first kappa shape index (κ1) is 20.1. The van der Waals surface area contributed by atoms with Gasteiger partial charge in [-0.25, -0.2) is 0 Å². The Morgan fingerprint density at radius 2 is 1.57 bits per heavy atom. The monoisotopic (exact) mass is 435 g/mol. The minimum Gasteiger partial charge on any atom is -0.378 e. The van der Waals surface area contributed by atoms with Gasteiger partial charge < -0.3 is 4.18 Å². The Labute approximate surface area is 180 Å². The Bertz CT molecular complexity index is 1350. The van der Waals surface area contributed by atoms with Gasteiger partial charge in [0, 0.05) is 16.8 Å². The molecular weight excluding hydrogens is 418 g/mol. The Hall–Kier alpha value is -3.15. The molecule has 0 heterocycles. The minimum absolute atomic E-state index is 0.0295. The number of fused-ring (bicyclic) bond motifs is 1. The second-order valence-electron chi connectivity index (χ2n) is 6.73. The standard InChI is InChI=1S/C24H18ClNO3S/c1-17-6-2-5-9-23(17)26-16-22-21-8-4-3-7-18(21)10-15-24(22)29-30(27,28)20-13-11-19(25)12-14-20/h2-16H,1H3. The topological polar surface area (TPSA) is 55.7 Å². The average Bonchev–Trinajstić information content (AvgIpc) is 2.74. The number of halogens is 1. The highest BCUT2D eigenvalue weighted by Crippen LogP contribution is 2.30. The van der Waals surface area contributed by atoms with Gasteiger partial charge in [-0.1, -0.05) is 60.1 Å². The van der Waals surface area contributed by atoms with Gasteiger partial charge >= 0.3 is 10.1 Å². The van der Waals surface area contributed by atoms with E-state index < -0.39 is 10.1 Å². The number of nitrogens with zero attached hydrogens (tertiary/aromatic N) is 1. The summed E-state index contributed by atoms with van der Waals surface area (Å²) < 4.78 is 31.2. The van der Waals surface area contributed by atoms with Crippen LogP contribution < -0.4 is 4.18 Å². The molecule has 0 amide bonds. The van der Waals surface area contributed by atoms with Gasteiger partial charge in [-0.05, 0) is 59.7 Å². The Morgan fingerprint density at radius 1 is 0.867 bits per heavy atom. The third-order valence-electron chi connectivity index (χ3n) is 4.68. The lowest BCUT2D eigenvalue weighted by molar-refractivity contribution is 0.486. The third kappa shape index (κ3) is 4.22. The summed E-state index contributed by atoms with van der Waals surface area (Å²) in [5.41, 5.74) is 2.41. The highest BCUT2D eigenvalue weighted by atomic mass is 35.5. The van der Waals surface area contributed by atoms with Crippen molar-refractivity contribution in [1.29, 1.82) is 0 Å². The van der Waals surface area contributed by atoms with Crippen molar-refractivity contribution < 1.29 is 12.6 Å². The molecule has 0 fully saturated rings. The number of aliphatic imine (C=N–C) groups is 1. The number of rotatable bonds is 5. The molecule has 0 bridgehead atoms. The van der Waals surface area contributed by atoms with Crippen molar-refractivity contribution in [2.24, 2.45) is 4.99 Å². The lowest BCUT2D eigenvalue weighted by atomic mass is 10.0. The SMILES string of the molecule is Cc1ccccc1N=Cc1c(OS(=O)(=O)c2ccc(Cl)cc2)ccc2ccccc12. The van der Waals surface area contributed by atoms with Crippen molar-refractivity contribution in [1.82, 2.24) is 0 Å². The van der Waals surface area contributed by atoms with Gasteiger partial charge in [-0.2, -0.15) is 8.42 Å². The van der Waals surface area contributed by atoms with Crippen LogP contribution in [0.3, 0.4) is 0 Å². The van der Waals surface area contributed by atoms with Crippen LogP contribution in [0.2, 0.25) is 5.02 Å². The van der Waals surface area contributed by atoms with Crippen LogP contribution in [0.25, 0.3) is 10.8 Å². The van der Waals surface area contributed by atoms with E-state index in [1.807, 2.05) is 61.5 Å². The minimum atomic E-state index is -4.03. The number of benzene rings is 4. The van der Waals surface area contributed by atoms with E-state index in [1.54, 1.807) is 12.3 Å².